The van der Waals surface area contributed by atoms with Crippen molar-refractivity contribution in [2.75, 3.05) is 29.5 Å². The normalized spacial score (nSPS) is 15.9. The Hall–Kier alpha value is -2.78. The van der Waals surface area contributed by atoms with Crippen molar-refractivity contribution in [3.05, 3.63) is 52.5 Å². The molecule has 3 rings (SSSR count). The Labute approximate surface area is 173 Å². The summed E-state index contributed by atoms with van der Waals surface area (Å²) in [4.78, 5) is 24.5. The summed E-state index contributed by atoms with van der Waals surface area (Å²) in [5.74, 6) is -0.922. The predicted octanol–water partition coefficient (Wildman–Crippen LogP) is 2.60. The zero-order valence-corrected chi connectivity index (χ0v) is 17.5. The molecule has 2 aromatic rings. The molecule has 1 unspecified atom stereocenters. The predicted molar refractivity (Wildman–Crippen MR) is 109 cm³/mol. The first-order valence-electron chi connectivity index (χ1n) is 8.54. The lowest BCUT2D eigenvalue weighted by Crippen LogP contribution is -2.48. The van der Waals surface area contributed by atoms with Gasteiger partial charge in [-0.2, -0.15) is 0 Å². The minimum absolute atomic E-state index is 0.0927. The number of methoxy groups -OCH3 is 1. The van der Waals surface area contributed by atoms with Gasteiger partial charge in [0.1, 0.15) is 5.75 Å². The molecule has 1 aliphatic rings. The van der Waals surface area contributed by atoms with Crippen LogP contribution in [0.5, 0.6) is 5.75 Å². The van der Waals surface area contributed by atoms with E-state index in [1.807, 2.05) is 6.92 Å². The first-order chi connectivity index (χ1) is 13.6. The van der Waals surface area contributed by atoms with Crippen LogP contribution in [0.1, 0.15) is 15.9 Å². The Kier molecular flexibility index (Phi) is 5.72. The van der Waals surface area contributed by atoms with Gasteiger partial charge in [-0.3, -0.25) is 9.10 Å². The molecule has 1 amide bonds. The van der Waals surface area contributed by atoms with Gasteiger partial charge in [-0.05, 0) is 42.8 Å². The van der Waals surface area contributed by atoms with E-state index in [0.717, 1.165) is 16.1 Å². The summed E-state index contributed by atoms with van der Waals surface area (Å²) >= 11 is 5.98. The summed E-state index contributed by atoms with van der Waals surface area (Å²) in [6.07, 6.45) is -0.0153. The first kappa shape index (κ1) is 20.9. The number of nitrogens with zero attached hydrogens (tertiary/aromatic N) is 1. The molecule has 0 aliphatic carbocycles. The fourth-order valence-corrected chi connectivity index (χ4v) is 4.00. The third-order valence-corrected chi connectivity index (χ3v) is 5.79. The summed E-state index contributed by atoms with van der Waals surface area (Å²) in [5, 5.41) is 2.80. The number of ether oxygens (including phenoxy) is 2. The van der Waals surface area contributed by atoms with Crippen LogP contribution in [-0.2, 0) is 19.6 Å². The highest BCUT2D eigenvalue weighted by molar-refractivity contribution is 7.92. The molecule has 29 heavy (non-hydrogen) atoms. The van der Waals surface area contributed by atoms with Crippen LogP contribution in [0.4, 0.5) is 11.4 Å². The van der Waals surface area contributed by atoms with E-state index in [9.17, 15) is 18.0 Å². The topological polar surface area (TPSA) is 102 Å². The van der Waals surface area contributed by atoms with E-state index in [4.69, 9.17) is 16.3 Å². The van der Waals surface area contributed by atoms with Crippen molar-refractivity contribution in [1.82, 2.24) is 0 Å². The number of aryl methyl sites for hydroxylation is 1. The minimum atomic E-state index is -3.63. The van der Waals surface area contributed by atoms with E-state index in [1.54, 1.807) is 18.2 Å². The Bertz CT molecular complexity index is 1090. The average molecular weight is 439 g/mol. The minimum Gasteiger partial charge on any atom is -0.476 e. The van der Waals surface area contributed by atoms with Gasteiger partial charge in [0.15, 0.2) is 6.10 Å². The smallest absolute Gasteiger partial charge is 0.339 e. The Morgan fingerprint density at radius 1 is 1.24 bits per heavy atom. The van der Waals surface area contributed by atoms with Gasteiger partial charge < -0.3 is 14.8 Å². The summed E-state index contributed by atoms with van der Waals surface area (Å²) in [5.41, 5.74) is 1.63. The SMILES string of the molecule is COC(=O)c1cc(NC(=O)C2CN(S(C)(=O)=O)c3cc(C)ccc3O2)ccc1Cl. The third kappa shape index (κ3) is 4.46. The van der Waals surface area contributed by atoms with Crippen molar-refractivity contribution in [3.8, 4) is 5.75 Å². The average Bonchev–Trinajstić information content (AvgIpc) is 2.67. The molecule has 0 spiro atoms. The number of anilines is 2. The maximum Gasteiger partial charge on any atom is 0.339 e. The number of benzene rings is 2. The molecule has 0 saturated heterocycles. The number of amides is 1. The molecule has 1 heterocycles. The second-order valence-corrected chi connectivity index (χ2v) is 8.86. The number of hydrogen-bond acceptors (Lipinski definition) is 6. The largest absolute Gasteiger partial charge is 0.476 e. The van der Waals surface area contributed by atoms with Crippen LogP contribution in [0.25, 0.3) is 0 Å². The molecule has 2 aromatic carbocycles. The van der Waals surface area contributed by atoms with Gasteiger partial charge in [0.25, 0.3) is 5.91 Å². The van der Waals surface area contributed by atoms with Gasteiger partial charge in [0, 0.05) is 5.69 Å². The molecular weight excluding hydrogens is 420 g/mol. The molecule has 10 heteroatoms. The number of nitrogens with one attached hydrogen (secondary N) is 1. The van der Waals surface area contributed by atoms with Crippen molar-refractivity contribution >= 4 is 44.9 Å². The lowest BCUT2D eigenvalue weighted by atomic mass is 10.1. The first-order valence-corrected chi connectivity index (χ1v) is 10.8. The van der Waals surface area contributed by atoms with E-state index in [1.165, 1.54) is 25.3 Å². The van der Waals surface area contributed by atoms with Gasteiger partial charge >= 0.3 is 5.97 Å². The Morgan fingerprint density at radius 2 is 1.97 bits per heavy atom. The number of sulfonamides is 1. The summed E-state index contributed by atoms with van der Waals surface area (Å²) in [6.45, 7) is 1.65. The number of carbonyl (C=O) groups is 2. The fraction of sp³-hybridized carbons (Fsp3) is 0.263. The second kappa shape index (κ2) is 7.92. The molecule has 0 fully saturated rings. The van der Waals surface area contributed by atoms with Gasteiger partial charge in [-0.15, -0.1) is 0 Å². The molecule has 8 nitrogen and oxygen atoms in total. The lowest BCUT2D eigenvalue weighted by Gasteiger charge is -2.34. The molecular formula is C19H19ClN2O6S. The Morgan fingerprint density at radius 3 is 2.62 bits per heavy atom. The summed E-state index contributed by atoms with van der Waals surface area (Å²) in [6, 6.07) is 9.42. The van der Waals surface area contributed by atoms with E-state index in [2.05, 4.69) is 10.1 Å². The number of fused-ring (bicyclic) bond motifs is 1. The number of esters is 1. The van der Waals surface area contributed by atoms with E-state index < -0.39 is 28.0 Å². The quantitative estimate of drug-likeness (QED) is 0.736. The van der Waals surface area contributed by atoms with Crippen molar-refractivity contribution < 1.29 is 27.5 Å². The molecule has 0 radical (unpaired) electrons. The van der Waals surface area contributed by atoms with E-state index in [0.29, 0.717) is 17.1 Å². The van der Waals surface area contributed by atoms with Crippen LogP contribution >= 0.6 is 11.6 Å². The third-order valence-electron chi connectivity index (χ3n) is 4.32. The number of rotatable bonds is 4. The highest BCUT2D eigenvalue weighted by atomic mass is 35.5. The standard InChI is InChI=1S/C19H19ClN2O6S/c1-11-4-7-16-15(8-11)22(29(3,25)26)10-17(28-16)18(23)21-12-5-6-14(20)13(9-12)19(24)27-2/h4-9,17H,10H2,1-3H3,(H,21,23). The summed E-state index contributed by atoms with van der Waals surface area (Å²) < 4.78 is 36.0. The van der Waals surface area contributed by atoms with Gasteiger partial charge in [0.2, 0.25) is 10.0 Å². The molecule has 0 saturated carbocycles. The zero-order valence-electron chi connectivity index (χ0n) is 15.9. The van der Waals surface area contributed by atoms with Crippen LogP contribution in [0.3, 0.4) is 0 Å². The molecule has 0 aromatic heterocycles. The maximum absolute atomic E-state index is 12.7. The maximum atomic E-state index is 12.7. The molecule has 154 valence electrons. The Balaban J connectivity index is 1.87. The number of hydrogen-bond donors (Lipinski definition) is 1. The number of carbonyl (C=O) groups excluding carboxylic acids is 2. The van der Waals surface area contributed by atoms with Crippen molar-refractivity contribution in [3.63, 3.8) is 0 Å². The molecule has 1 aliphatic heterocycles. The van der Waals surface area contributed by atoms with Crippen LogP contribution in [0.15, 0.2) is 36.4 Å². The molecule has 1 N–H and O–H groups in total. The lowest BCUT2D eigenvalue weighted by molar-refractivity contribution is -0.122. The van der Waals surface area contributed by atoms with Gasteiger partial charge in [-0.1, -0.05) is 17.7 Å². The van der Waals surface area contributed by atoms with Crippen molar-refractivity contribution in [1.29, 1.82) is 0 Å². The second-order valence-electron chi connectivity index (χ2n) is 6.55. The van der Waals surface area contributed by atoms with Crippen molar-refractivity contribution in [2.24, 2.45) is 0 Å². The van der Waals surface area contributed by atoms with E-state index >= 15 is 0 Å². The van der Waals surface area contributed by atoms with E-state index in [-0.39, 0.29) is 17.1 Å². The zero-order chi connectivity index (χ0) is 21.3. The van der Waals surface area contributed by atoms with Crippen molar-refractivity contribution in [2.45, 2.75) is 13.0 Å². The van der Waals surface area contributed by atoms with Crippen LogP contribution in [0.2, 0.25) is 5.02 Å². The summed E-state index contributed by atoms with van der Waals surface area (Å²) in [7, 11) is -2.41. The monoisotopic (exact) mass is 438 g/mol. The highest BCUT2D eigenvalue weighted by Crippen LogP contribution is 2.36. The van der Waals surface area contributed by atoms with Crippen LogP contribution < -0.4 is 14.4 Å². The van der Waals surface area contributed by atoms with Crippen LogP contribution in [0, 0.1) is 6.92 Å². The number of halogens is 1. The highest BCUT2D eigenvalue weighted by Gasteiger charge is 2.35. The van der Waals surface area contributed by atoms with Crippen LogP contribution in [-0.4, -0.2) is 46.3 Å². The van der Waals surface area contributed by atoms with Gasteiger partial charge in [0.05, 0.1) is 36.2 Å². The molecule has 1 atom stereocenters. The fourth-order valence-electron chi connectivity index (χ4n) is 2.90. The van der Waals surface area contributed by atoms with Gasteiger partial charge in [-0.25, -0.2) is 13.2 Å². The molecule has 0 bridgehead atoms.